The molecule has 1 aliphatic rings. The SMILES string of the molecule is Cn1nnnc1S[C@@H]1CC(=O)N(c2cccc(C(F)(F)F)c2)C1=O. The van der Waals surface area contributed by atoms with E-state index < -0.39 is 28.8 Å². The van der Waals surface area contributed by atoms with Gasteiger partial charge in [-0.25, -0.2) is 9.58 Å². The van der Waals surface area contributed by atoms with E-state index in [1.807, 2.05) is 0 Å². The average Bonchev–Trinajstić information content (AvgIpc) is 3.03. The molecule has 1 aromatic heterocycles. The Morgan fingerprint density at radius 2 is 2.04 bits per heavy atom. The van der Waals surface area contributed by atoms with E-state index in [0.29, 0.717) is 5.16 Å². The first kappa shape index (κ1) is 16.4. The van der Waals surface area contributed by atoms with Gasteiger partial charge >= 0.3 is 6.18 Å². The van der Waals surface area contributed by atoms with Gasteiger partial charge in [-0.1, -0.05) is 17.8 Å². The van der Waals surface area contributed by atoms with Gasteiger partial charge in [0.2, 0.25) is 17.0 Å². The molecule has 1 saturated heterocycles. The Kier molecular flexibility index (Phi) is 4.03. The van der Waals surface area contributed by atoms with Crippen LogP contribution in [0.1, 0.15) is 12.0 Å². The van der Waals surface area contributed by atoms with E-state index >= 15 is 0 Å². The van der Waals surface area contributed by atoms with Crippen LogP contribution in [-0.2, 0) is 22.8 Å². The Labute approximate surface area is 137 Å². The molecule has 2 heterocycles. The van der Waals surface area contributed by atoms with Crippen molar-refractivity contribution < 1.29 is 22.8 Å². The highest BCUT2D eigenvalue weighted by molar-refractivity contribution is 8.00. The van der Waals surface area contributed by atoms with Crippen LogP contribution < -0.4 is 4.90 Å². The zero-order valence-electron chi connectivity index (χ0n) is 12.2. The largest absolute Gasteiger partial charge is 0.416 e. The number of halogens is 3. The third kappa shape index (κ3) is 2.98. The highest BCUT2D eigenvalue weighted by atomic mass is 32.2. The molecule has 1 fully saturated rings. The lowest BCUT2D eigenvalue weighted by atomic mass is 10.2. The van der Waals surface area contributed by atoms with Crippen LogP contribution in [0, 0.1) is 0 Å². The fourth-order valence-electron chi connectivity index (χ4n) is 2.24. The topological polar surface area (TPSA) is 81.0 Å². The third-order valence-electron chi connectivity index (χ3n) is 3.37. The van der Waals surface area contributed by atoms with Crippen molar-refractivity contribution in [3.05, 3.63) is 29.8 Å². The summed E-state index contributed by atoms with van der Waals surface area (Å²) in [6.45, 7) is 0. The Balaban J connectivity index is 1.86. The maximum Gasteiger partial charge on any atom is 0.416 e. The fourth-order valence-corrected chi connectivity index (χ4v) is 3.20. The molecule has 1 atom stereocenters. The first-order valence-electron chi connectivity index (χ1n) is 6.70. The number of thioether (sulfide) groups is 1. The number of aromatic nitrogens is 4. The summed E-state index contributed by atoms with van der Waals surface area (Å²) in [7, 11) is 1.58. The summed E-state index contributed by atoms with van der Waals surface area (Å²) < 4.78 is 39.8. The van der Waals surface area contributed by atoms with E-state index in [4.69, 9.17) is 0 Å². The summed E-state index contributed by atoms with van der Waals surface area (Å²) in [5.74, 6) is -1.15. The second kappa shape index (κ2) is 5.89. The van der Waals surface area contributed by atoms with Crippen molar-refractivity contribution in [3.8, 4) is 0 Å². The number of carbonyl (C=O) groups is 2. The molecule has 0 unspecified atom stereocenters. The monoisotopic (exact) mass is 357 g/mol. The van der Waals surface area contributed by atoms with E-state index in [1.165, 1.54) is 10.7 Å². The summed E-state index contributed by atoms with van der Waals surface area (Å²) in [6.07, 6.45) is -4.69. The highest BCUT2D eigenvalue weighted by Crippen LogP contribution is 2.35. The number of anilines is 1. The number of amides is 2. The Hall–Kier alpha value is -2.43. The summed E-state index contributed by atoms with van der Waals surface area (Å²) in [5.41, 5.74) is -1.02. The van der Waals surface area contributed by atoms with Crippen LogP contribution in [0.3, 0.4) is 0 Å². The normalized spacial score (nSPS) is 18.5. The number of rotatable bonds is 3. The molecule has 24 heavy (non-hydrogen) atoms. The maximum absolute atomic E-state index is 12.8. The smallest absolute Gasteiger partial charge is 0.274 e. The summed E-state index contributed by atoms with van der Waals surface area (Å²) in [6, 6.07) is 4.12. The Morgan fingerprint density at radius 3 is 2.67 bits per heavy atom. The predicted octanol–water partition coefficient (Wildman–Crippen LogP) is 1.65. The standard InChI is InChI=1S/C13H10F3N5O2S/c1-20-12(17-18-19-20)24-9-6-10(22)21(11(9)23)8-4-2-3-7(5-8)13(14,15)16/h2-5,9H,6H2,1H3/t9-/m1/s1. The number of nitrogens with zero attached hydrogens (tertiary/aromatic N) is 5. The minimum absolute atomic E-state index is 0.0981. The van der Waals surface area contributed by atoms with Gasteiger partial charge in [-0.3, -0.25) is 9.59 Å². The van der Waals surface area contributed by atoms with E-state index in [2.05, 4.69) is 15.5 Å². The molecule has 0 N–H and O–H groups in total. The molecule has 1 aromatic carbocycles. The van der Waals surface area contributed by atoms with Gasteiger partial charge in [0.05, 0.1) is 11.3 Å². The average molecular weight is 357 g/mol. The van der Waals surface area contributed by atoms with Crippen LogP contribution in [0.5, 0.6) is 0 Å². The lowest BCUT2D eigenvalue weighted by Crippen LogP contribution is -2.31. The molecule has 0 radical (unpaired) electrons. The zero-order valence-corrected chi connectivity index (χ0v) is 13.0. The molecule has 2 amide bonds. The van der Waals surface area contributed by atoms with Gasteiger partial charge in [-0.15, -0.1) is 5.10 Å². The first-order chi connectivity index (χ1) is 11.3. The van der Waals surface area contributed by atoms with Crippen LogP contribution in [-0.4, -0.2) is 37.3 Å². The minimum atomic E-state index is -4.56. The molecule has 3 rings (SSSR count). The number of carbonyl (C=O) groups excluding carboxylic acids is 2. The van der Waals surface area contributed by atoms with Crippen molar-refractivity contribution in [3.63, 3.8) is 0 Å². The van der Waals surface area contributed by atoms with Crippen molar-refractivity contribution in [2.24, 2.45) is 7.05 Å². The van der Waals surface area contributed by atoms with Gasteiger partial charge in [0, 0.05) is 13.5 Å². The van der Waals surface area contributed by atoms with Gasteiger partial charge in [0.15, 0.2) is 0 Å². The van der Waals surface area contributed by atoms with Gasteiger partial charge < -0.3 is 0 Å². The van der Waals surface area contributed by atoms with E-state index in [1.54, 1.807) is 7.05 Å². The van der Waals surface area contributed by atoms with Crippen LogP contribution in [0.25, 0.3) is 0 Å². The minimum Gasteiger partial charge on any atom is -0.274 e. The van der Waals surface area contributed by atoms with Crippen molar-refractivity contribution >= 4 is 29.3 Å². The van der Waals surface area contributed by atoms with E-state index in [9.17, 15) is 22.8 Å². The third-order valence-corrected chi connectivity index (χ3v) is 4.58. The van der Waals surface area contributed by atoms with Crippen LogP contribution in [0.4, 0.5) is 18.9 Å². The molecule has 7 nitrogen and oxygen atoms in total. The van der Waals surface area contributed by atoms with Gasteiger partial charge in [-0.2, -0.15) is 13.2 Å². The highest BCUT2D eigenvalue weighted by Gasteiger charge is 2.41. The predicted molar refractivity (Wildman–Crippen MR) is 77.0 cm³/mol. The summed E-state index contributed by atoms with van der Waals surface area (Å²) in [4.78, 5) is 25.3. The number of hydrogen-bond acceptors (Lipinski definition) is 6. The zero-order chi connectivity index (χ0) is 17.5. The molecule has 0 aliphatic carbocycles. The number of aryl methyl sites for hydroxylation is 1. The van der Waals surface area contributed by atoms with Crippen LogP contribution >= 0.6 is 11.8 Å². The molecule has 126 valence electrons. The lowest BCUT2D eigenvalue weighted by Gasteiger charge is -2.16. The molecule has 0 spiro atoms. The van der Waals surface area contributed by atoms with E-state index in [-0.39, 0.29) is 12.1 Å². The lowest BCUT2D eigenvalue weighted by molar-refractivity contribution is -0.137. The molecular formula is C13H10F3N5O2S. The van der Waals surface area contributed by atoms with Crippen molar-refractivity contribution in [2.45, 2.75) is 23.0 Å². The number of benzene rings is 1. The maximum atomic E-state index is 12.8. The Bertz CT molecular complexity index is 807. The number of tetrazole rings is 1. The second-order valence-electron chi connectivity index (χ2n) is 5.01. The number of alkyl halides is 3. The van der Waals surface area contributed by atoms with Gasteiger partial charge in [0.25, 0.3) is 0 Å². The number of imide groups is 1. The van der Waals surface area contributed by atoms with Crippen LogP contribution in [0.15, 0.2) is 29.4 Å². The van der Waals surface area contributed by atoms with Gasteiger partial charge in [-0.05, 0) is 28.6 Å². The second-order valence-corrected chi connectivity index (χ2v) is 6.18. The molecule has 1 aliphatic heterocycles. The molecule has 2 aromatic rings. The first-order valence-corrected chi connectivity index (χ1v) is 7.58. The van der Waals surface area contributed by atoms with Crippen molar-refractivity contribution in [1.29, 1.82) is 0 Å². The fraction of sp³-hybridized carbons (Fsp3) is 0.308. The summed E-state index contributed by atoms with van der Waals surface area (Å²) >= 11 is 0.997. The van der Waals surface area contributed by atoms with Crippen molar-refractivity contribution in [1.82, 2.24) is 20.2 Å². The van der Waals surface area contributed by atoms with Crippen molar-refractivity contribution in [2.75, 3.05) is 4.90 Å². The molecular weight excluding hydrogens is 347 g/mol. The molecule has 0 bridgehead atoms. The quantitative estimate of drug-likeness (QED) is 0.777. The number of hydrogen-bond donors (Lipinski definition) is 0. The summed E-state index contributed by atoms with van der Waals surface area (Å²) in [5, 5.41) is 10.3. The van der Waals surface area contributed by atoms with E-state index in [0.717, 1.165) is 34.9 Å². The van der Waals surface area contributed by atoms with Gasteiger partial charge in [0.1, 0.15) is 5.25 Å². The Morgan fingerprint density at radius 1 is 1.29 bits per heavy atom. The molecule has 0 saturated carbocycles. The van der Waals surface area contributed by atoms with Crippen LogP contribution in [0.2, 0.25) is 0 Å². The molecule has 11 heteroatoms.